The molecule has 1 aromatic carbocycles. The number of H-pyrrole nitrogens is 1. The zero-order valence-electron chi connectivity index (χ0n) is 11.2. The number of benzene rings is 1. The van der Waals surface area contributed by atoms with Gasteiger partial charge in [-0.2, -0.15) is 0 Å². The number of ether oxygens (including phenoxy) is 1. The lowest BCUT2D eigenvalue weighted by Gasteiger charge is -2.06. The predicted molar refractivity (Wildman–Crippen MR) is 80.9 cm³/mol. The quantitative estimate of drug-likeness (QED) is 0.838. The Balaban J connectivity index is 2.57. The van der Waals surface area contributed by atoms with Gasteiger partial charge >= 0.3 is 5.97 Å². The first-order valence-electron chi connectivity index (χ1n) is 6.35. The number of hydrogen-bond donors (Lipinski definition) is 2. The topological polar surface area (TPSA) is 71.2 Å². The van der Waals surface area contributed by atoms with E-state index in [1.807, 2.05) is 18.2 Å². The Bertz CT molecular complexity index is 664. The van der Waals surface area contributed by atoms with E-state index in [9.17, 15) is 9.59 Å². The summed E-state index contributed by atoms with van der Waals surface area (Å²) >= 11 is 3.38. The van der Waals surface area contributed by atoms with Crippen molar-refractivity contribution in [2.45, 2.75) is 20.3 Å². The largest absolute Gasteiger partial charge is 0.461 e. The standard InChI is InChI=1S/C14H15BrN2O3/c1-3-11(18)17-12-9-7-8(15)5-6-10(9)16-13(12)14(19)20-4-2/h5-7,16H,3-4H2,1-2H3,(H,17,18). The molecule has 0 bridgehead atoms. The lowest BCUT2D eigenvalue weighted by atomic mass is 10.2. The van der Waals surface area contributed by atoms with Crippen molar-refractivity contribution in [3.63, 3.8) is 0 Å². The lowest BCUT2D eigenvalue weighted by molar-refractivity contribution is -0.115. The van der Waals surface area contributed by atoms with Crippen LogP contribution >= 0.6 is 15.9 Å². The monoisotopic (exact) mass is 338 g/mol. The number of rotatable bonds is 4. The first-order valence-corrected chi connectivity index (χ1v) is 7.14. The number of hydrogen-bond acceptors (Lipinski definition) is 3. The van der Waals surface area contributed by atoms with Crippen LogP contribution in [0.4, 0.5) is 5.69 Å². The van der Waals surface area contributed by atoms with E-state index in [0.717, 1.165) is 15.4 Å². The maximum Gasteiger partial charge on any atom is 0.356 e. The number of amides is 1. The Morgan fingerprint density at radius 1 is 1.35 bits per heavy atom. The molecule has 1 aromatic heterocycles. The van der Waals surface area contributed by atoms with Crippen LogP contribution in [0.5, 0.6) is 0 Å². The third-order valence-corrected chi connectivity index (χ3v) is 3.32. The SMILES string of the molecule is CCOC(=O)c1[nH]c2ccc(Br)cc2c1NC(=O)CC. The van der Waals surface area contributed by atoms with E-state index in [1.54, 1.807) is 13.8 Å². The van der Waals surface area contributed by atoms with Crippen LogP contribution in [-0.2, 0) is 9.53 Å². The molecule has 0 spiro atoms. The molecule has 0 unspecified atom stereocenters. The van der Waals surface area contributed by atoms with Crippen LogP contribution in [0.2, 0.25) is 0 Å². The molecular formula is C14H15BrN2O3. The number of esters is 1. The lowest BCUT2D eigenvalue weighted by Crippen LogP contribution is -2.14. The van der Waals surface area contributed by atoms with Gasteiger partial charge in [-0.3, -0.25) is 4.79 Å². The fourth-order valence-electron chi connectivity index (χ4n) is 1.88. The summed E-state index contributed by atoms with van der Waals surface area (Å²) in [4.78, 5) is 26.6. The van der Waals surface area contributed by atoms with Gasteiger partial charge in [0.2, 0.25) is 5.91 Å². The van der Waals surface area contributed by atoms with Crippen molar-refractivity contribution < 1.29 is 14.3 Å². The van der Waals surface area contributed by atoms with E-state index < -0.39 is 5.97 Å². The highest BCUT2D eigenvalue weighted by Gasteiger charge is 2.20. The molecule has 0 saturated carbocycles. The van der Waals surface area contributed by atoms with Gasteiger partial charge in [0.15, 0.2) is 0 Å². The highest BCUT2D eigenvalue weighted by atomic mass is 79.9. The highest BCUT2D eigenvalue weighted by molar-refractivity contribution is 9.10. The zero-order chi connectivity index (χ0) is 14.7. The Morgan fingerprint density at radius 2 is 2.10 bits per heavy atom. The molecular weight excluding hydrogens is 324 g/mol. The van der Waals surface area contributed by atoms with Gasteiger partial charge < -0.3 is 15.0 Å². The predicted octanol–water partition coefficient (Wildman–Crippen LogP) is 3.46. The van der Waals surface area contributed by atoms with Gasteiger partial charge in [-0.05, 0) is 25.1 Å². The van der Waals surface area contributed by atoms with Crippen LogP contribution in [0, 0.1) is 0 Å². The molecule has 0 aliphatic heterocycles. The molecule has 2 N–H and O–H groups in total. The summed E-state index contributed by atoms with van der Waals surface area (Å²) in [6, 6.07) is 5.54. The third kappa shape index (κ3) is 2.85. The summed E-state index contributed by atoms with van der Waals surface area (Å²) in [6.07, 6.45) is 0.336. The van der Waals surface area contributed by atoms with Crippen molar-refractivity contribution in [1.29, 1.82) is 0 Å². The van der Waals surface area contributed by atoms with E-state index in [2.05, 4.69) is 26.2 Å². The first-order chi connectivity index (χ1) is 9.56. The molecule has 20 heavy (non-hydrogen) atoms. The summed E-state index contributed by atoms with van der Waals surface area (Å²) in [7, 11) is 0. The van der Waals surface area contributed by atoms with Crippen LogP contribution in [-0.4, -0.2) is 23.5 Å². The summed E-state index contributed by atoms with van der Waals surface area (Å²) in [6.45, 7) is 3.77. The molecule has 1 amide bonds. The Labute approximate surface area is 124 Å². The average molecular weight is 339 g/mol. The van der Waals surface area contributed by atoms with Crippen molar-refractivity contribution in [3.05, 3.63) is 28.4 Å². The second-order valence-corrected chi connectivity index (χ2v) is 5.10. The maximum atomic E-state index is 12.0. The fraction of sp³-hybridized carbons (Fsp3) is 0.286. The van der Waals surface area contributed by atoms with Gasteiger partial charge in [0.25, 0.3) is 0 Å². The molecule has 106 valence electrons. The molecule has 2 rings (SSSR count). The minimum Gasteiger partial charge on any atom is -0.461 e. The van der Waals surface area contributed by atoms with Gasteiger partial charge in [0, 0.05) is 21.8 Å². The van der Waals surface area contributed by atoms with Crippen LogP contribution in [0.1, 0.15) is 30.8 Å². The fourth-order valence-corrected chi connectivity index (χ4v) is 2.24. The van der Waals surface area contributed by atoms with Crippen LogP contribution in [0.15, 0.2) is 22.7 Å². The second kappa shape index (κ2) is 6.09. The van der Waals surface area contributed by atoms with E-state index in [0.29, 0.717) is 12.1 Å². The van der Waals surface area contributed by atoms with Crippen molar-refractivity contribution in [2.75, 3.05) is 11.9 Å². The molecule has 5 nitrogen and oxygen atoms in total. The van der Waals surface area contributed by atoms with Crippen molar-refractivity contribution in [2.24, 2.45) is 0 Å². The van der Waals surface area contributed by atoms with E-state index >= 15 is 0 Å². The van der Waals surface area contributed by atoms with Crippen molar-refractivity contribution in [1.82, 2.24) is 4.98 Å². The normalized spacial score (nSPS) is 10.6. The molecule has 0 radical (unpaired) electrons. The van der Waals surface area contributed by atoms with Crippen molar-refractivity contribution in [3.8, 4) is 0 Å². The Morgan fingerprint density at radius 3 is 2.75 bits per heavy atom. The number of carbonyl (C=O) groups is 2. The molecule has 0 fully saturated rings. The highest BCUT2D eigenvalue weighted by Crippen LogP contribution is 2.30. The molecule has 0 aliphatic rings. The minimum atomic E-state index is -0.480. The first kappa shape index (κ1) is 14.6. The average Bonchev–Trinajstić information content (AvgIpc) is 2.77. The summed E-state index contributed by atoms with van der Waals surface area (Å²) in [5, 5.41) is 3.53. The molecule has 6 heteroatoms. The van der Waals surface area contributed by atoms with Gasteiger partial charge in [-0.25, -0.2) is 4.79 Å². The number of anilines is 1. The third-order valence-electron chi connectivity index (χ3n) is 2.83. The number of carbonyl (C=O) groups excluding carboxylic acids is 2. The second-order valence-electron chi connectivity index (χ2n) is 4.19. The molecule has 0 atom stereocenters. The number of halogens is 1. The minimum absolute atomic E-state index is 0.156. The summed E-state index contributed by atoms with van der Waals surface area (Å²) < 4.78 is 5.88. The smallest absolute Gasteiger partial charge is 0.356 e. The Hall–Kier alpha value is -1.82. The van der Waals surface area contributed by atoms with Gasteiger partial charge in [0.1, 0.15) is 5.69 Å². The molecule has 0 aliphatic carbocycles. The van der Waals surface area contributed by atoms with Gasteiger partial charge in [-0.1, -0.05) is 22.9 Å². The summed E-state index contributed by atoms with van der Waals surface area (Å²) in [5.74, 6) is -0.636. The zero-order valence-corrected chi connectivity index (χ0v) is 12.8. The van der Waals surface area contributed by atoms with Crippen LogP contribution < -0.4 is 5.32 Å². The van der Waals surface area contributed by atoms with Gasteiger partial charge in [-0.15, -0.1) is 0 Å². The molecule has 0 saturated heterocycles. The number of fused-ring (bicyclic) bond motifs is 1. The van der Waals surface area contributed by atoms with Crippen molar-refractivity contribution >= 4 is 44.4 Å². The molecule has 1 heterocycles. The maximum absolute atomic E-state index is 12.0. The number of aromatic nitrogens is 1. The number of aromatic amines is 1. The Kier molecular flexibility index (Phi) is 4.44. The number of nitrogens with one attached hydrogen (secondary N) is 2. The van der Waals surface area contributed by atoms with Gasteiger partial charge in [0.05, 0.1) is 12.3 Å². The molecule has 2 aromatic rings. The van der Waals surface area contributed by atoms with E-state index in [-0.39, 0.29) is 18.2 Å². The van der Waals surface area contributed by atoms with E-state index in [1.165, 1.54) is 0 Å². The summed E-state index contributed by atoms with van der Waals surface area (Å²) in [5.41, 5.74) is 1.50. The van der Waals surface area contributed by atoms with E-state index in [4.69, 9.17) is 4.74 Å². The van der Waals surface area contributed by atoms with Crippen LogP contribution in [0.3, 0.4) is 0 Å². The van der Waals surface area contributed by atoms with Crippen LogP contribution in [0.25, 0.3) is 10.9 Å².